The minimum Gasteiger partial charge on any atom is -0.493 e. The number of carbonyl (C=O) groups excluding carboxylic acids is 2. The molecular weight excluding hydrogens is 524 g/mol. The minimum absolute atomic E-state index is 0.171. The number of benzene rings is 1. The molecule has 1 aromatic carbocycles. The molecule has 0 spiro atoms. The third-order valence-electron chi connectivity index (χ3n) is 7.91. The van der Waals surface area contributed by atoms with Gasteiger partial charge in [0.2, 0.25) is 11.8 Å². The van der Waals surface area contributed by atoms with Gasteiger partial charge in [0.1, 0.15) is 6.04 Å². The number of piperidine rings is 1. The number of methoxy groups -OCH3 is 2. The predicted molar refractivity (Wildman–Crippen MR) is 161 cm³/mol. The summed E-state index contributed by atoms with van der Waals surface area (Å²) in [6.45, 7) is 9.56. The molecule has 1 aromatic rings. The van der Waals surface area contributed by atoms with Gasteiger partial charge in [-0.1, -0.05) is 33.3 Å². The van der Waals surface area contributed by atoms with Crippen molar-refractivity contribution >= 4 is 11.8 Å². The fourth-order valence-corrected chi connectivity index (χ4v) is 5.30. The van der Waals surface area contributed by atoms with E-state index in [-0.39, 0.29) is 24.3 Å². The Balaban J connectivity index is 2.22. The number of rotatable bonds is 19. The first-order valence-corrected chi connectivity index (χ1v) is 15.2. The van der Waals surface area contributed by atoms with E-state index in [9.17, 15) is 14.7 Å². The van der Waals surface area contributed by atoms with Crippen LogP contribution in [0.25, 0.3) is 0 Å². The highest BCUT2D eigenvalue weighted by atomic mass is 16.5. The summed E-state index contributed by atoms with van der Waals surface area (Å²) in [5.74, 6) is 1.17. The van der Waals surface area contributed by atoms with Crippen LogP contribution in [0.2, 0.25) is 0 Å². The third-order valence-corrected chi connectivity index (χ3v) is 7.91. The zero-order chi connectivity index (χ0) is 30.2. The molecule has 2 amide bonds. The largest absolute Gasteiger partial charge is 0.493 e. The van der Waals surface area contributed by atoms with E-state index in [0.29, 0.717) is 50.0 Å². The maximum Gasteiger partial charge on any atom is 0.242 e. The first-order valence-electron chi connectivity index (χ1n) is 15.2. The number of nitrogens with one attached hydrogen (secondary N) is 2. The fourth-order valence-electron chi connectivity index (χ4n) is 5.30. The van der Waals surface area contributed by atoms with E-state index < -0.39 is 18.2 Å². The molecule has 2 rings (SSSR count). The maximum absolute atomic E-state index is 13.3. The average Bonchev–Trinajstić information content (AvgIpc) is 2.97. The first kappa shape index (κ1) is 34.8. The number of hydrogen-bond acceptors (Lipinski definition) is 8. The SMILES string of the molecule is CCC(NC(=O)CN)C(=O)N[C@@H](C[C@H](Cc1ccc(OC)c(OCCCOC)c1)C(C)C)[C@@H](O)CN1CCCCC1. The molecule has 0 bridgehead atoms. The Morgan fingerprint density at radius 3 is 2.41 bits per heavy atom. The number of nitrogens with zero attached hydrogens (tertiary/aromatic N) is 1. The van der Waals surface area contributed by atoms with Gasteiger partial charge in [0.25, 0.3) is 0 Å². The fraction of sp³-hybridized carbons (Fsp3) is 0.742. The molecule has 1 aliphatic heterocycles. The highest BCUT2D eigenvalue weighted by Crippen LogP contribution is 2.31. The van der Waals surface area contributed by atoms with Crippen LogP contribution >= 0.6 is 0 Å². The topological polar surface area (TPSA) is 135 Å². The van der Waals surface area contributed by atoms with E-state index >= 15 is 0 Å². The lowest BCUT2D eigenvalue weighted by Crippen LogP contribution is -2.55. The van der Waals surface area contributed by atoms with Crippen molar-refractivity contribution in [1.29, 1.82) is 0 Å². The quantitative estimate of drug-likeness (QED) is 0.184. The molecule has 1 heterocycles. The summed E-state index contributed by atoms with van der Waals surface area (Å²) in [7, 11) is 3.30. The van der Waals surface area contributed by atoms with Gasteiger partial charge in [-0.05, 0) is 74.7 Å². The number of amides is 2. The second-order valence-corrected chi connectivity index (χ2v) is 11.4. The Bertz CT molecular complexity index is 909. The lowest BCUT2D eigenvalue weighted by atomic mass is 9.82. The van der Waals surface area contributed by atoms with Crippen LogP contribution in [0.5, 0.6) is 11.5 Å². The number of aliphatic hydroxyl groups is 1. The summed E-state index contributed by atoms with van der Waals surface area (Å²) in [5.41, 5.74) is 6.56. The van der Waals surface area contributed by atoms with E-state index in [1.165, 1.54) is 6.42 Å². The van der Waals surface area contributed by atoms with E-state index in [1.807, 2.05) is 25.1 Å². The van der Waals surface area contributed by atoms with Crippen LogP contribution in [0.15, 0.2) is 18.2 Å². The summed E-state index contributed by atoms with van der Waals surface area (Å²) in [5, 5.41) is 17.2. The molecule has 10 heteroatoms. The molecule has 4 atom stereocenters. The highest BCUT2D eigenvalue weighted by molar-refractivity contribution is 5.88. The van der Waals surface area contributed by atoms with Crippen molar-refractivity contribution in [2.24, 2.45) is 17.6 Å². The van der Waals surface area contributed by atoms with E-state index in [4.69, 9.17) is 19.9 Å². The van der Waals surface area contributed by atoms with Crippen LogP contribution in [0.1, 0.15) is 64.9 Å². The van der Waals surface area contributed by atoms with Gasteiger partial charge in [0.05, 0.1) is 32.4 Å². The normalized spacial score (nSPS) is 17.0. The smallest absolute Gasteiger partial charge is 0.242 e. The summed E-state index contributed by atoms with van der Waals surface area (Å²) < 4.78 is 16.6. The van der Waals surface area contributed by atoms with Gasteiger partial charge in [-0.2, -0.15) is 0 Å². The minimum atomic E-state index is -0.739. The van der Waals surface area contributed by atoms with Crippen molar-refractivity contribution in [1.82, 2.24) is 15.5 Å². The monoisotopic (exact) mass is 578 g/mol. The van der Waals surface area contributed by atoms with Gasteiger partial charge in [-0.25, -0.2) is 0 Å². The maximum atomic E-state index is 13.3. The molecule has 5 N–H and O–H groups in total. The van der Waals surface area contributed by atoms with Crippen molar-refractivity contribution in [2.75, 3.05) is 53.6 Å². The number of likely N-dealkylation sites (tertiary alicyclic amines) is 1. The number of β-amino-alcohol motifs (C(OH)–C–C–N with tert-alkyl or cyclic N) is 1. The molecule has 0 aromatic heterocycles. The molecule has 1 aliphatic rings. The van der Waals surface area contributed by atoms with Gasteiger partial charge in [0, 0.05) is 26.7 Å². The molecule has 0 saturated carbocycles. The number of aliphatic hydroxyl groups excluding tert-OH is 1. The van der Waals surface area contributed by atoms with Gasteiger partial charge < -0.3 is 40.6 Å². The van der Waals surface area contributed by atoms with E-state index in [1.54, 1.807) is 14.2 Å². The molecule has 1 saturated heterocycles. The van der Waals surface area contributed by atoms with Crippen LogP contribution in [-0.2, 0) is 20.7 Å². The molecule has 0 aliphatic carbocycles. The summed E-state index contributed by atoms with van der Waals surface area (Å²) in [6.07, 6.45) is 5.26. The Hall–Kier alpha value is -2.40. The molecule has 1 fully saturated rings. The van der Waals surface area contributed by atoms with Crippen molar-refractivity contribution in [3.63, 3.8) is 0 Å². The van der Waals surface area contributed by atoms with Crippen molar-refractivity contribution in [3.8, 4) is 11.5 Å². The molecule has 234 valence electrons. The summed E-state index contributed by atoms with van der Waals surface area (Å²) in [4.78, 5) is 27.5. The second kappa shape index (κ2) is 18.9. The van der Waals surface area contributed by atoms with Gasteiger partial charge >= 0.3 is 0 Å². The van der Waals surface area contributed by atoms with Gasteiger partial charge in [-0.3, -0.25) is 9.59 Å². The first-order chi connectivity index (χ1) is 19.7. The van der Waals surface area contributed by atoms with Gasteiger partial charge in [0.15, 0.2) is 11.5 Å². The lowest BCUT2D eigenvalue weighted by Gasteiger charge is -2.35. The number of carbonyl (C=O) groups is 2. The number of ether oxygens (including phenoxy) is 3. The lowest BCUT2D eigenvalue weighted by molar-refractivity contribution is -0.129. The molecule has 41 heavy (non-hydrogen) atoms. The van der Waals surface area contributed by atoms with Crippen LogP contribution in [0.4, 0.5) is 0 Å². The Labute approximate surface area is 246 Å². The third kappa shape index (κ3) is 12.2. The van der Waals surface area contributed by atoms with E-state index in [0.717, 1.165) is 44.3 Å². The van der Waals surface area contributed by atoms with E-state index in [2.05, 4.69) is 29.4 Å². The van der Waals surface area contributed by atoms with Crippen molar-refractivity contribution < 1.29 is 28.9 Å². The highest BCUT2D eigenvalue weighted by Gasteiger charge is 2.31. The average molecular weight is 579 g/mol. The van der Waals surface area contributed by atoms with Crippen molar-refractivity contribution in [3.05, 3.63) is 23.8 Å². The zero-order valence-electron chi connectivity index (χ0n) is 25.8. The van der Waals surface area contributed by atoms with Crippen LogP contribution in [-0.4, -0.2) is 93.6 Å². The van der Waals surface area contributed by atoms with Gasteiger partial charge in [-0.15, -0.1) is 0 Å². The Morgan fingerprint density at radius 2 is 1.80 bits per heavy atom. The van der Waals surface area contributed by atoms with Crippen LogP contribution < -0.4 is 25.8 Å². The summed E-state index contributed by atoms with van der Waals surface area (Å²) >= 11 is 0. The molecule has 0 radical (unpaired) electrons. The second-order valence-electron chi connectivity index (χ2n) is 11.4. The van der Waals surface area contributed by atoms with Crippen LogP contribution in [0.3, 0.4) is 0 Å². The summed E-state index contributed by atoms with van der Waals surface area (Å²) in [6, 6.07) is 4.82. The number of hydrogen-bond donors (Lipinski definition) is 4. The zero-order valence-corrected chi connectivity index (χ0v) is 25.8. The standard InChI is InChI=1S/C31H54N4O6/c1-6-25(33-30(37)20-32)31(38)34-26(27(36)21-35-13-8-7-9-14-35)19-24(22(2)3)17-23-11-12-28(40-5)29(18-23)41-16-10-15-39-4/h11-12,18,22,24-27,36H,6-10,13-17,19-21,32H2,1-5H3,(H,33,37)(H,34,38)/t24-,25?,26-,27-/m0/s1. The molecular formula is C31H54N4O6. The molecule has 10 nitrogen and oxygen atoms in total. The molecule has 1 unspecified atom stereocenters. The predicted octanol–water partition coefficient (Wildman–Crippen LogP) is 2.50. The Morgan fingerprint density at radius 1 is 1.07 bits per heavy atom. The van der Waals surface area contributed by atoms with Crippen molar-refractivity contribution in [2.45, 2.75) is 83.9 Å². The number of nitrogens with two attached hydrogens (primary N) is 1. The Kier molecular flexibility index (Phi) is 16.1. The van der Waals surface area contributed by atoms with Crippen LogP contribution in [0, 0.1) is 11.8 Å².